The fourth-order valence-corrected chi connectivity index (χ4v) is 4.46. The standard InChI is InChI=1S/C26H35FO17/c1-10(28)35-8-17-20(21(38-13(4)31)23(25(27)42-17)40-15(6)33)44-26-24(41-16(7)34)22(39-14(5)32)19(37-12(3)30)18(43-26)9-36-11(2)29/h17-26H,8-9H2,1-7H3/t17-,18-,19-,20-,21+,22+,23-,24-,25-,26+/m1/s1. The molecule has 2 aliphatic rings. The van der Waals surface area contributed by atoms with E-state index in [1.807, 2.05) is 0 Å². The molecule has 0 spiro atoms. The Balaban J connectivity index is 2.66. The summed E-state index contributed by atoms with van der Waals surface area (Å²) in [7, 11) is 0. The maximum absolute atomic E-state index is 15.2. The van der Waals surface area contributed by atoms with Gasteiger partial charge in [-0.1, -0.05) is 0 Å². The van der Waals surface area contributed by atoms with Crippen molar-refractivity contribution in [2.24, 2.45) is 0 Å². The van der Waals surface area contributed by atoms with Gasteiger partial charge in [-0.3, -0.25) is 33.6 Å². The van der Waals surface area contributed by atoms with Crippen molar-refractivity contribution in [3.8, 4) is 0 Å². The Morgan fingerprint density at radius 2 is 0.841 bits per heavy atom. The summed E-state index contributed by atoms with van der Waals surface area (Å²) in [5, 5.41) is 0. The minimum atomic E-state index is -2.40. The number of rotatable bonds is 11. The number of carbonyl (C=O) groups is 7. The molecule has 0 aromatic heterocycles. The van der Waals surface area contributed by atoms with Crippen molar-refractivity contribution in [3.63, 3.8) is 0 Å². The van der Waals surface area contributed by atoms with Gasteiger partial charge in [-0.25, -0.2) is 4.39 Å². The molecule has 18 heteroatoms. The SMILES string of the molecule is CC(=O)OC[C@H]1O[C@@H](F)[C@H](OC(C)=O)[C@@H](OC(C)=O)[C@@H]1O[C@@H]1O[C@H](COC(C)=O)[C@@H](OC(C)=O)[C@H](OC(C)=O)[C@H]1OC(C)=O. The summed E-state index contributed by atoms with van der Waals surface area (Å²) in [4.78, 5) is 83.3. The van der Waals surface area contributed by atoms with E-state index in [0.29, 0.717) is 0 Å². The molecule has 2 rings (SSSR count). The van der Waals surface area contributed by atoms with E-state index in [0.717, 1.165) is 48.5 Å². The van der Waals surface area contributed by atoms with E-state index in [2.05, 4.69) is 0 Å². The van der Waals surface area contributed by atoms with Gasteiger partial charge in [0.25, 0.3) is 0 Å². The summed E-state index contributed by atoms with van der Waals surface area (Å²) in [6, 6.07) is 0. The highest BCUT2D eigenvalue weighted by Gasteiger charge is 2.57. The Kier molecular flexibility index (Phi) is 13.4. The molecule has 0 aliphatic carbocycles. The molecular formula is C26H35FO17. The lowest BCUT2D eigenvalue weighted by atomic mass is 9.96. The number of ether oxygens (including phenoxy) is 10. The first kappa shape index (κ1) is 36.3. The molecule has 44 heavy (non-hydrogen) atoms. The van der Waals surface area contributed by atoms with Gasteiger partial charge in [0.1, 0.15) is 31.5 Å². The Morgan fingerprint density at radius 1 is 0.477 bits per heavy atom. The van der Waals surface area contributed by atoms with Gasteiger partial charge in [0.2, 0.25) is 6.36 Å². The Bertz CT molecular complexity index is 1090. The van der Waals surface area contributed by atoms with Crippen LogP contribution in [0.5, 0.6) is 0 Å². The molecule has 0 amide bonds. The van der Waals surface area contributed by atoms with Crippen molar-refractivity contribution in [2.45, 2.75) is 110 Å². The molecule has 0 radical (unpaired) electrons. The molecule has 0 aromatic carbocycles. The molecule has 2 heterocycles. The fourth-order valence-electron chi connectivity index (χ4n) is 4.46. The molecule has 2 aliphatic heterocycles. The van der Waals surface area contributed by atoms with Gasteiger partial charge in [-0.05, 0) is 0 Å². The molecule has 0 unspecified atom stereocenters. The molecule has 2 fully saturated rings. The summed E-state index contributed by atoms with van der Waals surface area (Å²) >= 11 is 0. The molecule has 0 saturated carbocycles. The highest BCUT2D eigenvalue weighted by molar-refractivity contribution is 5.69. The van der Waals surface area contributed by atoms with Crippen molar-refractivity contribution in [1.82, 2.24) is 0 Å². The molecule has 248 valence electrons. The summed E-state index contributed by atoms with van der Waals surface area (Å²) in [5.41, 5.74) is 0. The quantitative estimate of drug-likeness (QED) is 0.207. The number of hydrogen-bond donors (Lipinski definition) is 0. The zero-order chi connectivity index (χ0) is 33.3. The lowest BCUT2D eigenvalue weighted by Gasteiger charge is -2.47. The minimum absolute atomic E-state index is 0.592. The first-order valence-corrected chi connectivity index (χ1v) is 13.2. The normalized spacial score (nSPS) is 31.5. The minimum Gasteiger partial charge on any atom is -0.463 e. The van der Waals surface area contributed by atoms with Crippen LogP contribution >= 0.6 is 0 Å². The summed E-state index contributed by atoms with van der Waals surface area (Å²) in [6.45, 7) is 5.83. The highest BCUT2D eigenvalue weighted by Crippen LogP contribution is 2.35. The van der Waals surface area contributed by atoms with Crippen molar-refractivity contribution < 1.29 is 85.3 Å². The lowest BCUT2D eigenvalue weighted by Crippen LogP contribution is -2.66. The van der Waals surface area contributed by atoms with Crippen LogP contribution in [0.15, 0.2) is 0 Å². The van der Waals surface area contributed by atoms with Crippen LogP contribution in [0.4, 0.5) is 4.39 Å². The van der Waals surface area contributed by atoms with Gasteiger partial charge in [-0.15, -0.1) is 0 Å². The fraction of sp³-hybridized carbons (Fsp3) is 0.731. The summed E-state index contributed by atoms with van der Waals surface area (Å²) < 4.78 is 68.6. The van der Waals surface area contributed by atoms with E-state index in [4.69, 9.17) is 47.4 Å². The van der Waals surface area contributed by atoms with Crippen molar-refractivity contribution in [1.29, 1.82) is 0 Å². The third-order valence-corrected chi connectivity index (χ3v) is 5.87. The van der Waals surface area contributed by atoms with E-state index in [9.17, 15) is 33.6 Å². The van der Waals surface area contributed by atoms with Crippen LogP contribution in [0.3, 0.4) is 0 Å². The number of carbonyl (C=O) groups excluding carboxylic acids is 7. The average Bonchev–Trinajstić information content (AvgIpc) is 2.87. The number of halogens is 1. The van der Waals surface area contributed by atoms with Gasteiger partial charge in [-0.2, -0.15) is 0 Å². The lowest BCUT2D eigenvalue weighted by molar-refractivity contribution is -0.351. The number of alkyl halides is 1. The van der Waals surface area contributed by atoms with E-state index in [-0.39, 0.29) is 0 Å². The molecule has 0 bridgehead atoms. The highest BCUT2D eigenvalue weighted by atomic mass is 19.1. The molecular weight excluding hydrogens is 603 g/mol. The molecule has 17 nitrogen and oxygen atoms in total. The zero-order valence-corrected chi connectivity index (χ0v) is 25.0. The topological polar surface area (TPSA) is 212 Å². The Hall–Kier alpha value is -3.90. The van der Waals surface area contributed by atoms with E-state index in [1.54, 1.807) is 0 Å². The van der Waals surface area contributed by atoms with Crippen LogP contribution in [0.1, 0.15) is 48.5 Å². The van der Waals surface area contributed by atoms with Crippen molar-refractivity contribution in [3.05, 3.63) is 0 Å². The van der Waals surface area contributed by atoms with Crippen LogP contribution in [0.2, 0.25) is 0 Å². The van der Waals surface area contributed by atoms with E-state index in [1.165, 1.54) is 0 Å². The largest absolute Gasteiger partial charge is 0.463 e. The van der Waals surface area contributed by atoms with Crippen LogP contribution in [-0.4, -0.2) is 116 Å². The third-order valence-electron chi connectivity index (χ3n) is 5.87. The van der Waals surface area contributed by atoms with Crippen LogP contribution < -0.4 is 0 Å². The summed E-state index contributed by atoms with van der Waals surface area (Å²) in [5.74, 6) is -6.27. The predicted molar refractivity (Wildman–Crippen MR) is 134 cm³/mol. The van der Waals surface area contributed by atoms with E-state index < -0.39 is 116 Å². The smallest absolute Gasteiger partial charge is 0.303 e. The molecule has 0 aromatic rings. The third kappa shape index (κ3) is 10.7. The second kappa shape index (κ2) is 16.2. The van der Waals surface area contributed by atoms with Crippen molar-refractivity contribution >= 4 is 41.8 Å². The maximum atomic E-state index is 15.2. The Morgan fingerprint density at radius 3 is 1.27 bits per heavy atom. The monoisotopic (exact) mass is 638 g/mol. The molecule has 0 N–H and O–H groups in total. The van der Waals surface area contributed by atoms with Gasteiger partial charge in [0, 0.05) is 48.5 Å². The average molecular weight is 639 g/mol. The first-order chi connectivity index (χ1) is 20.5. The summed E-state index contributed by atoms with van der Waals surface area (Å²) in [6.07, 6.45) is -17.5. The Labute approximate surface area is 250 Å². The number of hydrogen-bond acceptors (Lipinski definition) is 17. The van der Waals surface area contributed by atoms with Crippen LogP contribution in [0, 0.1) is 0 Å². The van der Waals surface area contributed by atoms with E-state index >= 15 is 4.39 Å². The van der Waals surface area contributed by atoms with Crippen LogP contribution in [0.25, 0.3) is 0 Å². The van der Waals surface area contributed by atoms with Gasteiger partial charge in [0.05, 0.1) is 0 Å². The van der Waals surface area contributed by atoms with Crippen LogP contribution in [-0.2, 0) is 80.9 Å². The van der Waals surface area contributed by atoms with Crippen molar-refractivity contribution in [2.75, 3.05) is 13.2 Å². The molecule has 2 saturated heterocycles. The first-order valence-electron chi connectivity index (χ1n) is 13.2. The van der Waals surface area contributed by atoms with Gasteiger partial charge in [0.15, 0.2) is 36.8 Å². The maximum Gasteiger partial charge on any atom is 0.303 e. The van der Waals surface area contributed by atoms with Gasteiger partial charge < -0.3 is 47.4 Å². The second-order valence-electron chi connectivity index (χ2n) is 9.64. The predicted octanol–water partition coefficient (Wildman–Crippen LogP) is -0.424. The number of esters is 7. The van der Waals surface area contributed by atoms with Gasteiger partial charge >= 0.3 is 41.8 Å². The second-order valence-corrected chi connectivity index (χ2v) is 9.64. The molecule has 10 atom stereocenters. The zero-order valence-electron chi connectivity index (χ0n) is 25.0.